The van der Waals surface area contributed by atoms with Crippen molar-refractivity contribution in [3.8, 4) is 0 Å². The normalized spacial score (nSPS) is 33.3. The Morgan fingerprint density at radius 1 is 1.42 bits per heavy atom. The Hall–Kier alpha value is -0.820. The zero-order valence-electron chi connectivity index (χ0n) is 7.33. The van der Waals surface area contributed by atoms with E-state index in [4.69, 9.17) is 5.11 Å². The van der Waals surface area contributed by atoms with Gasteiger partial charge in [-0.1, -0.05) is 37.3 Å². The Kier molecular flexibility index (Phi) is 1.69. The van der Waals surface area contributed by atoms with Gasteiger partial charge >= 0.3 is 0 Å². The van der Waals surface area contributed by atoms with Crippen LogP contribution < -0.4 is 0 Å². The average molecular weight is 162 g/mol. The van der Waals surface area contributed by atoms with Crippen LogP contribution in [0.15, 0.2) is 30.3 Å². The van der Waals surface area contributed by atoms with E-state index in [2.05, 4.69) is 31.2 Å². The third kappa shape index (κ3) is 1.05. The number of benzene rings is 1. The van der Waals surface area contributed by atoms with Gasteiger partial charge in [0.1, 0.15) is 0 Å². The summed E-state index contributed by atoms with van der Waals surface area (Å²) in [6.45, 7) is 2.55. The second-order valence-electron chi connectivity index (χ2n) is 3.87. The molecular formula is C11H14O. The summed E-state index contributed by atoms with van der Waals surface area (Å²) in [5, 5.41) is 9.00. The van der Waals surface area contributed by atoms with Gasteiger partial charge in [0.2, 0.25) is 0 Å². The van der Waals surface area contributed by atoms with Crippen molar-refractivity contribution < 1.29 is 5.11 Å². The molecular weight excluding hydrogens is 148 g/mol. The number of aliphatic hydroxyl groups is 1. The first-order valence-corrected chi connectivity index (χ1v) is 4.44. The third-order valence-corrected chi connectivity index (χ3v) is 3.06. The quantitative estimate of drug-likeness (QED) is 0.704. The van der Waals surface area contributed by atoms with Gasteiger partial charge in [0.15, 0.2) is 0 Å². The summed E-state index contributed by atoms with van der Waals surface area (Å²) >= 11 is 0. The molecule has 0 unspecified atom stereocenters. The van der Waals surface area contributed by atoms with Gasteiger partial charge in [0.25, 0.3) is 0 Å². The van der Waals surface area contributed by atoms with Crippen LogP contribution in [0.3, 0.4) is 0 Å². The molecule has 2 rings (SSSR count). The molecule has 0 radical (unpaired) electrons. The molecule has 0 aliphatic heterocycles. The molecule has 1 N–H and O–H groups in total. The second-order valence-corrected chi connectivity index (χ2v) is 3.87. The molecule has 0 spiro atoms. The fourth-order valence-electron chi connectivity index (χ4n) is 1.89. The minimum atomic E-state index is 0.260. The molecule has 1 saturated carbocycles. The highest BCUT2D eigenvalue weighted by molar-refractivity contribution is 5.32. The van der Waals surface area contributed by atoms with Gasteiger partial charge in [0.05, 0.1) is 0 Å². The maximum atomic E-state index is 9.00. The average Bonchev–Trinajstić information content (AvgIpc) is 2.81. The molecule has 2 atom stereocenters. The van der Waals surface area contributed by atoms with Crippen molar-refractivity contribution in [1.82, 2.24) is 0 Å². The highest BCUT2D eigenvalue weighted by Crippen LogP contribution is 2.53. The highest BCUT2D eigenvalue weighted by atomic mass is 16.3. The van der Waals surface area contributed by atoms with E-state index in [1.165, 1.54) is 5.56 Å². The Morgan fingerprint density at radius 2 is 2.08 bits per heavy atom. The largest absolute Gasteiger partial charge is 0.396 e. The van der Waals surface area contributed by atoms with E-state index < -0.39 is 0 Å². The van der Waals surface area contributed by atoms with Gasteiger partial charge in [-0.2, -0.15) is 0 Å². The van der Waals surface area contributed by atoms with Gasteiger partial charge in [-0.15, -0.1) is 0 Å². The summed E-state index contributed by atoms with van der Waals surface area (Å²) in [6.07, 6.45) is 1.13. The first-order chi connectivity index (χ1) is 5.77. The molecule has 64 valence electrons. The molecule has 1 nitrogen and oxygen atoms in total. The van der Waals surface area contributed by atoms with Gasteiger partial charge in [-0.05, 0) is 23.3 Å². The van der Waals surface area contributed by atoms with Crippen molar-refractivity contribution >= 4 is 0 Å². The summed E-state index contributed by atoms with van der Waals surface area (Å²) < 4.78 is 0. The molecule has 0 amide bonds. The van der Waals surface area contributed by atoms with E-state index in [0.717, 1.165) is 6.42 Å². The Bertz CT molecular complexity index is 268. The first-order valence-electron chi connectivity index (χ1n) is 4.44. The summed E-state index contributed by atoms with van der Waals surface area (Å²) in [6, 6.07) is 10.5. The lowest BCUT2D eigenvalue weighted by atomic mass is 9.96. The van der Waals surface area contributed by atoms with Crippen LogP contribution in [0.4, 0.5) is 0 Å². The van der Waals surface area contributed by atoms with Gasteiger partial charge in [-0.3, -0.25) is 0 Å². The molecule has 12 heavy (non-hydrogen) atoms. The molecule has 0 heterocycles. The number of aliphatic hydroxyl groups excluding tert-OH is 1. The van der Waals surface area contributed by atoms with Crippen molar-refractivity contribution in [2.75, 3.05) is 6.61 Å². The van der Waals surface area contributed by atoms with Crippen LogP contribution >= 0.6 is 0 Å². The molecule has 0 bridgehead atoms. The van der Waals surface area contributed by atoms with E-state index in [1.807, 2.05) is 6.07 Å². The molecule has 0 aromatic heterocycles. The van der Waals surface area contributed by atoms with E-state index in [0.29, 0.717) is 12.5 Å². The summed E-state index contributed by atoms with van der Waals surface area (Å²) in [5.41, 5.74) is 1.62. The molecule has 1 aromatic carbocycles. The maximum Gasteiger partial charge on any atom is 0.0468 e. The molecule has 0 saturated heterocycles. The molecule has 1 heteroatoms. The summed E-state index contributed by atoms with van der Waals surface area (Å²) in [4.78, 5) is 0. The zero-order chi connectivity index (χ0) is 8.60. The van der Waals surface area contributed by atoms with E-state index >= 15 is 0 Å². The van der Waals surface area contributed by atoms with E-state index in [-0.39, 0.29) is 5.41 Å². The number of hydrogen-bond acceptors (Lipinski definition) is 1. The van der Waals surface area contributed by atoms with Crippen molar-refractivity contribution in [3.05, 3.63) is 35.9 Å². The lowest BCUT2D eigenvalue weighted by Gasteiger charge is -2.09. The van der Waals surface area contributed by atoms with Crippen LogP contribution in [0.2, 0.25) is 0 Å². The smallest absolute Gasteiger partial charge is 0.0468 e. The lowest BCUT2D eigenvalue weighted by Crippen LogP contribution is -2.05. The molecule has 1 aliphatic rings. The van der Waals surface area contributed by atoms with Gasteiger partial charge in [0, 0.05) is 6.61 Å². The minimum Gasteiger partial charge on any atom is -0.396 e. The number of hydrogen-bond donors (Lipinski definition) is 1. The third-order valence-electron chi connectivity index (χ3n) is 3.06. The van der Waals surface area contributed by atoms with Crippen LogP contribution in [0.1, 0.15) is 18.9 Å². The predicted octanol–water partition coefficient (Wildman–Crippen LogP) is 1.96. The van der Waals surface area contributed by atoms with E-state index in [1.54, 1.807) is 0 Å². The first kappa shape index (κ1) is 7.81. The SMILES string of the molecule is C[C@@]1(c2ccccc2)C[C@H]1CO. The van der Waals surface area contributed by atoms with Gasteiger partial charge in [-0.25, -0.2) is 0 Å². The monoisotopic (exact) mass is 162 g/mol. The second kappa shape index (κ2) is 2.60. The van der Waals surface area contributed by atoms with E-state index in [9.17, 15) is 0 Å². The topological polar surface area (TPSA) is 20.2 Å². The fourth-order valence-corrected chi connectivity index (χ4v) is 1.89. The van der Waals surface area contributed by atoms with Crippen molar-refractivity contribution in [2.24, 2.45) is 5.92 Å². The van der Waals surface area contributed by atoms with Crippen molar-refractivity contribution in [1.29, 1.82) is 0 Å². The standard InChI is InChI=1S/C11H14O/c1-11(7-10(11)8-12)9-5-3-2-4-6-9/h2-6,10,12H,7-8H2,1H3/t10-,11-/m0/s1. The minimum absolute atomic E-state index is 0.260. The molecule has 1 fully saturated rings. The molecule has 1 aromatic rings. The van der Waals surface area contributed by atoms with Crippen LogP contribution in [0, 0.1) is 5.92 Å². The van der Waals surface area contributed by atoms with Crippen LogP contribution in [-0.2, 0) is 5.41 Å². The zero-order valence-corrected chi connectivity index (χ0v) is 7.33. The Labute approximate surface area is 73.0 Å². The Morgan fingerprint density at radius 3 is 2.58 bits per heavy atom. The highest BCUT2D eigenvalue weighted by Gasteiger charge is 2.50. The number of rotatable bonds is 2. The van der Waals surface area contributed by atoms with Crippen molar-refractivity contribution in [2.45, 2.75) is 18.8 Å². The Balaban J connectivity index is 2.23. The predicted molar refractivity (Wildman–Crippen MR) is 49.0 cm³/mol. The van der Waals surface area contributed by atoms with Crippen LogP contribution in [0.5, 0.6) is 0 Å². The van der Waals surface area contributed by atoms with Crippen LogP contribution in [0.25, 0.3) is 0 Å². The lowest BCUT2D eigenvalue weighted by molar-refractivity contribution is 0.265. The summed E-state index contributed by atoms with van der Waals surface area (Å²) in [7, 11) is 0. The molecule has 1 aliphatic carbocycles. The summed E-state index contributed by atoms with van der Waals surface area (Å²) in [5.74, 6) is 0.486. The maximum absolute atomic E-state index is 9.00. The van der Waals surface area contributed by atoms with Crippen LogP contribution in [-0.4, -0.2) is 11.7 Å². The fraction of sp³-hybridized carbons (Fsp3) is 0.455. The van der Waals surface area contributed by atoms with Crippen molar-refractivity contribution in [3.63, 3.8) is 0 Å². The van der Waals surface area contributed by atoms with Gasteiger partial charge < -0.3 is 5.11 Å².